The summed E-state index contributed by atoms with van der Waals surface area (Å²) >= 11 is 0. The van der Waals surface area contributed by atoms with E-state index in [1.54, 1.807) is 12.4 Å². The number of hydrogen-bond donors (Lipinski definition) is 0. The summed E-state index contributed by atoms with van der Waals surface area (Å²) in [6.07, 6.45) is 4.73. The number of nitrogens with zero attached hydrogens (tertiary/aromatic N) is 5. The maximum Gasteiger partial charge on any atom is 0.163 e. The summed E-state index contributed by atoms with van der Waals surface area (Å²) in [7, 11) is 0. The molecule has 3 heterocycles. The van der Waals surface area contributed by atoms with Crippen molar-refractivity contribution >= 4 is 16.7 Å². The molecule has 0 aliphatic carbocycles. The van der Waals surface area contributed by atoms with Gasteiger partial charge in [0.2, 0.25) is 0 Å². The van der Waals surface area contributed by atoms with Gasteiger partial charge in [-0.15, -0.1) is 0 Å². The van der Waals surface area contributed by atoms with Gasteiger partial charge in [0.15, 0.2) is 5.82 Å². The highest BCUT2D eigenvalue weighted by Gasteiger charge is 2.21. The molecule has 2 aromatic heterocycles. The van der Waals surface area contributed by atoms with Crippen molar-refractivity contribution in [2.24, 2.45) is 0 Å². The zero-order valence-corrected chi connectivity index (χ0v) is 15.2. The molecule has 2 aromatic carbocycles. The lowest BCUT2D eigenvalue weighted by Gasteiger charge is -2.33. The average Bonchev–Trinajstić information content (AvgIpc) is 2.73. The molecule has 134 valence electrons. The van der Waals surface area contributed by atoms with Gasteiger partial charge in [0.1, 0.15) is 5.82 Å². The molecule has 5 nitrogen and oxygen atoms in total. The fraction of sp³-hybridized carbons (Fsp3) is 0.130. The second-order valence-corrected chi connectivity index (χ2v) is 6.88. The number of pyridine rings is 1. The highest BCUT2D eigenvalue weighted by Crippen LogP contribution is 2.33. The molecule has 0 bridgehead atoms. The van der Waals surface area contributed by atoms with E-state index in [9.17, 15) is 5.26 Å². The van der Waals surface area contributed by atoms with E-state index in [1.165, 1.54) is 6.42 Å². The van der Waals surface area contributed by atoms with E-state index >= 15 is 0 Å². The molecule has 28 heavy (non-hydrogen) atoms. The van der Waals surface area contributed by atoms with Crippen LogP contribution in [0.15, 0.2) is 67.0 Å². The van der Waals surface area contributed by atoms with Crippen LogP contribution in [0.4, 0.5) is 5.82 Å². The predicted molar refractivity (Wildman–Crippen MR) is 110 cm³/mol. The summed E-state index contributed by atoms with van der Waals surface area (Å²) < 4.78 is 0. The number of aromatic nitrogens is 3. The largest absolute Gasteiger partial charge is 0.356 e. The van der Waals surface area contributed by atoms with Crippen LogP contribution < -0.4 is 4.90 Å². The molecule has 0 N–H and O–H groups in total. The van der Waals surface area contributed by atoms with Crippen molar-refractivity contribution in [3.8, 4) is 28.6 Å². The average molecular weight is 363 g/mol. The minimum absolute atomic E-state index is 0.656. The molecule has 0 spiro atoms. The van der Waals surface area contributed by atoms with Crippen molar-refractivity contribution < 1.29 is 0 Å². The molecular formula is C23H17N5. The van der Waals surface area contributed by atoms with Crippen LogP contribution in [0, 0.1) is 11.3 Å². The van der Waals surface area contributed by atoms with Crippen LogP contribution in [-0.2, 0) is 0 Å². The number of fused-ring (bicyclic) bond motifs is 1. The zero-order chi connectivity index (χ0) is 18.9. The highest BCUT2D eigenvalue weighted by molar-refractivity contribution is 5.94. The van der Waals surface area contributed by atoms with Crippen LogP contribution in [0.3, 0.4) is 0 Å². The lowest BCUT2D eigenvalue weighted by molar-refractivity contribution is 0.612. The molecule has 1 aliphatic heterocycles. The van der Waals surface area contributed by atoms with Crippen LogP contribution in [0.2, 0.25) is 0 Å². The summed E-state index contributed by atoms with van der Waals surface area (Å²) in [5.74, 6) is 1.66. The third-order valence-corrected chi connectivity index (χ3v) is 5.08. The Labute approximate surface area is 162 Å². The lowest BCUT2D eigenvalue weighted by Crippen LogP contribution is -2.37. The van der Waals surface area contributed by atoms with Crippen molar-refractivity contribution in [3.63, 3.8) is 0 Å². The van der Waals surface area contributed by atoms with E-state index in [-0.39, 0.29) is 0 Å². The van der Waals surface area contributed by atoms with E-state index < -0.39 is 0 Å². The SMILES string of the molecule is N#Cc1cccc(-c2ccc3nc(-c4cccnc4)nc(N4CCC4)c3c2)c1. The summed E-state index contributed by atoms with van der Waals surface area (Å²) in [4.78, 5) is 16.2. The van der Waals surface area contributed by atoms with Crippen molar-refractivity contribution in [2.45, 2.75) is 6.42 Å². The topological polar surface area (TPSA) is 65.7 Å². The Kier molecular flexibility index (Phi) is 3.95. The Hall–Kier alpha value is -3.78. The number of rotatable bonds is 3. The van der Waals surface area contributed by atoms with Gasteiger partial charge >= 0.3 is 0 Å². The minimum atomic E-state index is 0.656. The lowest BCUT2D eigenvalue weighted by atomic mass is 10.0. The van der Waals surface area contributed by atoms with Crippen LogP contribution in [0.25, 0.3) is 33.4 Å². The number of nitriles is 1. The van der Waals surface area contributed by atoms with Crippen molar-refractivity contribution in [1.82, 2.24) is 15.0 Å². The number of benzene rings is 2. The van der Waals surface area contributed by atoms with Gasteiger partial charge in [0, 0.05) is 36.4 Å². The monoisotopic (exact) mass is 363 g/mol. The second kappa shape index (κ2) is 6.75. The molecule has 0 radical (unpaired) electrons. The number of anilines is 1. The van der Waals surface area contributed by atoms with Crippen LogP contribution in [0.1, 0.15) is 12.0 Å². The molecule has 0 amide bonds. The molecule has 0 saturated carbocycles. The highest BCUT2D eigenvalue weighted by atomic mass is 15.2. The van der Waals surface area contributed by atoms with Gasteiger partial charge in [0.05, 0.1) is 17.1 Å². The van der Waals surface area contributed by atoms with Crippen molar-refractivity contribution in [2.75, 3.05) is 18.0 Å². The molecule has 1 aliphatic rings. The van der Waals surface area contributed by atoms with Gasteiger partial charge < -0.3 is 4.90 Å². The number of hydrogen-bond acceptors (Lipinski definition) is 5. The van der Waals surface area contributed by atoms with Gasteiger partial charge in [-0.3, -0.25) is 4.98 Å². The van der Waals surface area contributed by atoms with Crippen LogP contribution >= 0.6 is 0 Å². The fourth-order valence-corrected chi connectivity index (χ4v) is 3.45. The molecular weight excluding hydrogens is 346 g/mol. The molecule has 5 rings (SSSR count). The summed E-state index contributed by atoms with van der Waals surface area (Å²) in [5.41, 5.74) is 4.56. The third-order valence-electron chi connectivity index (χ3n) is 5.08. The third kappa shape index (κ3) is 2.85. The normalized spacial score (nSPS) is 13.2. The molecule has 0 atom stereocenters. The van der Waals surface area contributed by atoms with Gasteiger partial charge in [-0.1, -0.05) is 18.2 Å². The Morgan fingerprint density at radius 3 is 2.50 bits per heavy atom. The minimum Gasteiger partial charge on any atom is -0.356 e. The maximum atomic E-state index is 9.19. The first-order valence-electron chi connectivity index (χ1n) is 9.29. The Morgan fingerprint density at radius 1 is 0.893 bits per heavy atom. The smallest absolute Gasteiger partial charge is 0.163 e. The van der Waals surface area contributed by atoms with Crippen molar-refractivity contribution in [3.05, 3.63) is 72.6 Å². The first-order chi connectivity index (χ1) is 13.8. The molecule has 5 heteroatoms. The maximum absolute atomic E-state index is 9.19. The quantitative estimate of drug-likeness (QED) is 0.538. The van der Waals surface area contributed by atoms with E-state index in [2.05, 4.69) is 28.1 Å². The summed E-state index contributed by atoms with van der Waals surface area (Å²) in [6, 6.07) is 20.0. The van der Waals surface area contributed by atoms with Crippen molar-refractivity contribution in [1.29, 1.82) is 5.26 Å². The predicted octanol–water partition coefficient (Wildman–Crippen LogP) is 4.44. The van der Waals surface area contributed by atoms with E-state index in [4.69, 9.17) is 9.97 Å². The fourth-order valence-electron chi connectivity index (χ4n) is 3.45. The standard InChI is InChI=1S/C23H17N5/c24-14-16-4-1-5-17(12-16)18-7-8-21-20(13-18)23(28-10-3-11-28)27-22(26-21)19-6-2-9-25-15-19/h1-2,4-9,12-13,15H,3,10-11H2. The Balaban J connectivity index is 1.69. The summed E-state index contributed by atoms with van der Waals surface area (Å²) in [5, 5.41) is 10.2. The molecule has 4 aromatic rings. The zero-order valence-electron chi connectivity index (χ0n) is 15.2. The van der Waals surface area contributed by atoms with Gasteiger partial charge in [-0.2, -0.15) is 5.26 Å². The van der Waals surface area contributed by atoms with E-state index in [1.807, 2.05) is 42.5 Å². The van der Waals surface area contributed by atoms with Gasteiger partial charge in [0.25, 0.3) is 0 Å². The second-order valence-electron chi connectivity index (χ2n) is 6.88. The molecule has 1 fully saturated rings. The van der Waals surface area contributed by atoms with E-state index in [0.717, 1.165) is 46.5 Å². The van der Waals surface area contributed by atoms with Gasteiger partial charge in [-0.05, 0) is 53.9 Å². The summed E-state index contributed by atoms with van der Waals surface area (Å²) in [6.45, 7) is 2.01. The van der Waals surface area contributed by atoms with Crippen LogP contribution in [-0.4, -0.2) is 28.0 Å². The first kappa shape index (κ1) is 16.4. The Bertz CT molecular complexity index is 1210. The Morgan fingerprint density at radius 2 is 1.75 bits per heavy atom. The molecule has 0 unspecified atom stereocenters. The van der Waals surface area contributed by atoms with E-state index in [0.29, 0.717) is 11.4 Å². The first-order valence-corrected chi connectivity index (χ1v) is 9.29. The molecule has 1 saturated heterocycles. The van der Waals surface area contributed by atoms with Crippen LogP contribution in [0.5, 0.6) is 0 Å². The van der Waals surface area contributed by atoms with Gasteiger partial charge in [-0.25, -0.2) is 9.97 Å².